The van der Waals surface area contributed by atoms with E-state index >= 15 is 0 Å². The van der Waals surface area contributed by atoms with Gasteiger partial charge in [-0.05, 0) is 66.9 Å². The van der Waals surface area contributed by atoms with E-state index in [-0.39, 0.29) is 21.5 Å². The van der Waals surface area contributed by atoms with Gasteiger partial charge in [-0.1, -0.05) is 32.0 Å². The SMILES string of the molecule is Cc1c(/C=C(\C#N)S(=O)(=O)c2ccccc2)cc(C(C)C)n1-c1ccc(O)cc1. The molecule has 3 aromatic rings. The normalized spacial score (nSPS) is 12.2. The number of hydrogen-bond acceptors (Lipinski definition) is 4. The minimum atomic E-state index is -3.90. The van der Waals surface area contributed by atoms with Crippen LogP contribution in [0.15, 0.2) is 70.5 Å². The molecule has 3 rings (SSSR count). The van der Waals surface area contributed by atoms with E-state index in [1.54, 1.807) is 42.5 Å². The van der Waals surface area contributed by atoms with Crippen molar-refractivity contribution in [3.63, 3.8) is 0 Å². The molecule has 2 aromatic carbocycles. The van der Waals surface area contributed by atoms with Crippen molar-refractivity contribution < 1.29 is 13.5 Å². The van der Waals surface area contributed by atoms with E-state index in [1.165, 1.54) is 18.2 Å². The summed E-state index contributed by atoms with van der Waals surface area (Å²) in [6.07, 6.45) is 1.43. The number of nitriles is 1. The Morgan fingerprint density at radius 3 is 2.28 bits per heavy atom. The Morgan fingerprint density at radius 2 is 1.72 bits per heavy atom. The van der Waals surface area contributed by atoms with Gasteiger partial charge in [0.05, 0.1) is 4.90 Å². The minimum Gasteiger partial charge on any atom is -0.508 e. The maximum absolute atomic E-state index is 12.9. The standard InChI is InChI=1S/C23H22N2O3S/c1-16(2)23-14-18(17(3)25(23)19-9-11-20(26)12-10-19)13-22(15-24)29(27,28)21-7-5-4-6-8-21/h4-14,16,26H,1-3H3/b22-13+. The molecule has 0 saturated carbocycles. The minimum absolute atomic E-state index is 0.0903. The van der Waals surface area contributed by atoms with Crippen LogP contribution in [0.3, 0.4) is 0 Å². The molecule has 0 aliphatic heterocycles. The van der Waals surface area contributed by atoms with E-state index < -0.39 is 9.84 Å². The highest BCUT2D eigenvalue weighted by atomic mass is 32.2. The number of aromatic hydroxyl groups is 1. The first-order chi connectivity index (χ1) is 13.8. The number of allylic oxidation sites excluding steroid dienone is 1. The van der Waals surface area contributed by atoms with Gasteiger partial charge in [-0.2, -0.15) is 5.26 Å². The first kappa shape index (κ1) is 20.4. The summed E-state index contributed by atoms with van der Waals surface area (Å²) in [5.74, 6) is 0.339. The van der Waals surface area contributed by atoms with E-state index in [1.807, 2.05) is 37.5 Å². The van der Waals surface area contributed by atoms with E-state index in [4.69, 9.17) is 0 Å². The zero-order valence-corrected chi connectivity index (χ0v) is 17.3. The van der Waals surface area contributed by atoms with Crippen LogP contribution in [0.2, 0.25) is 0 Å². The maximum atomic E-state index is 12.9. The number of aromatic nitrogens is 1. The smallest absolute Gasteiger partial charge is 0.216 e. The molecular formula is C23H22N2O3S. The second-order valence-electron chi connectivity index (χ2n) is 7.05. The monoisotopic (exact) mass is 406 g/mol. The Balaban J connectivity index is 2.17. The van der Waals surface area contributed by atoms with Crippen molar-refractivity contribution in [3.8, 4) is 17.5 Å². The van der Waals surface area contributed by atoms with Gasteiger partial charge < -0.3 is 9.67 Å². The van der Waals surface area contributed by atoms with Gasteiger partial charge >= 0.3 is 0 Å². The summed E-state index contributed by atoms with van der Waals surface area (Å²) in [4.78, 5) is -0.211. The summed E-state index contributed by atoms with van der Waals surface area (Å²) >= 11 is 0. The van der Waals surface area contributed by atoms with Crippen LogP contribution in [-0.2, 0) is 9.84 Å². The third-order valence-electron chi connectivity index (χ3n) is 4.75. The molecule has 5 nitrogen and oxygen atoms in total. The number of phenolic OH excluding ortho intramolecular Hbond substituents is 1. The van der Waals surface area contributed by atoms with Crippen molar-refractivity contribution in [2.45, 2.75) is 31.6 Å². The lowest BCUT2D eigenvalue weighted by Gasteiger charge is -2.14. The summed E-state index contributed by atoms with van der Waals surface area (Å²) in [6.45, 7) is 5.98. The molecule has 0 unspecified atom stereocenters. The zero-order chi connectivity index (χ0) is 21.2. The van der Waals surface area contributed by atoms with Crippen molar-refractivity contribution >= 4 is 15.9 Å². The van der Waals surface area contributed by atoms with Gasteiger partial charge in [0, 0.05) is 17.1 Å². The quantitative estimate of drug-likeness (QED) is 0.608. The van der Waals surface area contributed by atoms with Crippen LogP contribution < -0.4 is 0 Å². The average Bonchev–Trinajstić information content (AvgIpc) is 3.04. The molecule has 0 saturated heterocycles. The molecule has 0 amide bonds. The number of hydrogen-bond donors (Lipinski definition) is 1. The Morgan fingerprint density at radius 1 is 1.10 bits per heavy atom. The van der Waals surface area contributed by atoms with Gasteiger partial charge in [0.1, 0.15) is 16.7 Å². The first-order valence-corrected chi connectivity index (χ1v) is 10.7. The molecule has 0 bridgehead atoms. The molecule has 0 aliphatic rings. The summed E-state index contributed by atoms with van der Waals surface area (Å²) in [7, 11) is -3.90. The fourth-order valence-corrected chi connectivity index (χ4v) is 4.38. The lowest BCUT2D eigenvalue weighted by Crippen LogP contribution is -2.04. The Labute approximate surface area is 171 Å². The highest BCUT2D eigenvalue weighted by Gasteiger charge is 2.22. The van der Waals surface area contributed by atoms with E-state index in [0.717, 1.165) is 17.1 Å². The van der Waals surface area contributed by atoms with Crippen molar-refractivity contribution in [2.24, 2.45) is 0 Å². The molecule has 1 aromatic heterocycles. The van der Waals surface area contributed by atoms with Crippen LogP contribution in [0.25, 0.3) is 11.8 Å². The van der Waals surface area contributed by atoms with Gasteiger partial charge in [0.25, 0.3) is 0 Å². The van der Waals surface area contributed by atoms with Gasteiger partial charge in [-0.25, -0.2) is 8.42 Å². The number of sulfone groups is 1. The Bertz CT molecular complexity index is 1200. The molecule has 148 valence electrons. The number of benzene rings is 2. The average molecular weight is 407 g/mol. The van der Waals surface area contributed by atoms with Crippen LogP contribution >= 0.6 is 0 Å². The van der Waals surface area contributed by atoms with Crippen molar-refractivity contribution in [1.82, 2.24) is 4.57 Å². The lowest BCUT2D eigenvalue weighted by atomic mass is 10.1. The van der Waals surface area contributed by atoms with Crippen LogP contribution in [-0.4, -0.2) is 18.1 Å². The van der Waals surface area contributed by atoms with Gasteiger partial charge in [-0.3, -0.25) is 0 Å². The first-order valence-electron chi connectivity index (χ1n) is 9.19. The van der Waals surface area contributed by atoms with Crippen molar-refractivity contribution in [1.29, 1.82) is 5.26 Å². The second-order valence-corrected chi connectivity index (χ2v) is 8.97. The van der Waals surface area contributed by atoms with Crippen LogP contribution in [0.4, 0.5) is 0 Å². The third kappa shape index (κ3) is 3.96. The van der Waals surface area contributed by atoms with E-state index in [0.29, 0.717) is 5.56 Å². The number of phenols is 1. The van der Waals surface area contributed by atoms with Gasteiger partial charge in [0.2, 0.25) is 9.84 Å². The lowest BCUT2D eigenvalue weighted by molar-refractivity contribution is 0.475. The van der Waals surface area contributed by atoms with Crippen molar-refractivity contribution in [2.75, 3.05) is 0 Å². The third-order valence-corrected chi connectivity index (χ3v) is 6.43. The number of nitrogens with zero attached hydrogens (tertiary/aromatic N) is 2. The molecule has 0 atom stereocenters. The number of rotatable bonds is 5. The second kappa shape index (κ2) is 7.98. The predicted octanol–water partition coefficient (Wildman–Crippen LogP) is 4.95. The van der Waals surface area contributed by atoms with E-state index in [9.17, 15) is 18.8 Å². The van der Waals surface area contributed by atoms with Crippen LogP contribution in [0, 0.1) is 18.3 Å². The molecular weight excluding hydrogens is 384 g/mol. The Kier molecular flexibility index (Phi) is 5.62. The zero-order valence-electron chi connectivity index (χ0n) is 16.5. The molecule has 0 aliphatic carbocycles. The molecule has 1 heterocycles. The molecule has 0 radical (unpaired) electrons. The summed E-state index contributed by atoms with van der Waals surface area (Å²) in [5.41, 5.74) is 3.31. The fourth-order valence-electron chi connectivity index (χ4n) is 3.20. The van der Waals surface area contributed by atoms with E-state index in [2.05, 4.69) is 0 Å². The van der Waals surface area contributed by atoms with Gasteiger partial charge in [0.15, 0.2) is 0 Å². The highest BCUT2D eigenvalue weighted by molar-refractivity contribution is 7.95. The molecule has 0 fully saturated rings. The maximum Gasteiger partial charge on any atom is 0.216 e. The molecule has 1 N–H and O–H groups in total. The largest absolute Gasteiger partial charge is 0.508 e. The highest BCUT2D eigenvalue weighted by Crippen LogP contribution is 2.30. The molecule has 0 spiro atoms. The van der Waals surface area contributed by atoms with Crippen LogP contribution in [0.5, 0.6) is 5.75 Å². The molecule has 29 heavy (non-hydrogen) atoms. The molecule has 6 heteroatoms. The Hall–Kier alpha value is -3.30. The summed E-state index contributed by atoms with van der Waals surface area (Å²) in [6, 6.07) is 18.5. The summed E-state index contributed by atoms with van der Waals surface area (Å²) in [5, 5.41) is 19.2. The topological polar surface area (TPSA) is 83.1 Å². The van der Waals surface area contributed by atoms with Gasteiger partial charge in [-0.15, -0.1) is 0 Å². The van der Waals surface area contributed by atoms with Crippen LogP contribution in [0.1, 0.15) is 36.7 Å². The summed E-state index contributed by atoms with van der Waals surface area (Å²) < 4.78 is 27.8. The fraction of sp³-hybridized carbons (Fsp3) is 0.174. The predicted molar refractivity (Wildman–Crippen MR) is 113 cm³/mol. The van der Waals surface area contributed by atoms with Crippen molar-refractivity contribution in [3.05, 3.63) is 82.5 Å².